The number of unbranched alkanes of at least 4 members (excludes halogenated alkanes) is 1. The average Bonchev–Trinajstić information content (AvgIpc) is 2.64. The van der Waals surface area contributed by atoms with Crippen LogP contribution >= 0.6 is 0 Å². The Morgan fingerprint density at radius 2 is 2.15 bits per heavy atom. The fraction of sp³-hybridized carbons (Fsp3) is 0.619. The number of ether oxygens (including phenoxy) is 1. The lowest BCUT2D eigenvalue weighted by Gasteiger charge is -2.33. The Morgan fingerprint density at radius 1 is 1.38 bits per heavy atom. The van der Waals surface area contributed by atoms with E-state index in [9.17, 15) is 4.79 Å². The van der Waals surface area contributed by atoms with E-state index in [0.717, 1.165) is 44.6 Å². The molecule has 1 fully saturated rings. The van der Waals surface area contributed by atoms with Gasteiger partial charge in [0.2, 0.25) is 5.91 Å². The number of nitrogens with one attached hydrogen (secondary N) is 1. The molecule has 1 N–H and O–H groups in total. The molecule has 1 aliphatic rings. The highest BCUT2D eigenvalue weighted by atomic mass is 16.5. The Labute approximate surface area is 157 Å². The smallest absolute Gasteiger partial charge is 0.222 e. The molecule has 1 aliphatic heterocycles. The van der Waals surface area contributed by atoms with Gasteiger partial charge in [-0.3, -0.25) is 4.79 Å². The van der Waals surface area contributed by atoms with Crippen LogP contribution in [-0.4, -0.2) is 36.5 Å². The molecule has 142 valence electrons. The molecule has 5 heteroatoms. The Hall–Kier alpha value is -2.06. The maximum Gasteiger partial charge on any atom is 0.222 e. The van der Waals surface area contributed by atoms with Crippen molar-refractivity contribution in [2.24, 2.45) is 5.92 Å². The first-order chi connectivity index (χ1) is 12.6. The molecule has 1 aromatic rings. The van der Waals surface area contributed by atoms with Gasteiger partial charge in [0.25, 0.3) is 0 Å². The van der Waals surface area contributed by atoms with Crippen molar-refractivity contribution in [3.63, 3.8) is 0 Å². The largest absolute Gasteiger partial charge is 0.494 e. The summed E-state index contributed by atoms with van der Waals surface area (Å²) in [5.74, 6) is 1.57. The molecule has 0 atom stereocenters. The number of nitriles is 1. The zero-order valence-corrected chi connectivity index (χ0v) is 16.0. The van der Waals surface area contributed by atoms with Crippen LogP contribution in [0.5, 0.6) is 5.75 Å². The molecular weight excluding hydrogens is 326 g/mol. The van der Waals surface area contributed by atoms with Gasteiger partial charge in [0.15, 0.2) is 0 Å². The van der Waals surface area contributed by atoms with Crippen molar-refractivity contribution >= 4 is 5.91 Å². The number of likely N-dealkylation sites (tertiary alicyclic amines) is 1. The Bertz CT molecular complexity index is 602. The van der Waals surface area contributed by atoms with E-state index in [1.165, 1.54) is 5.56 Å². The van der Waals surface area contributed by atoms with Crippen molar-refractivity contribution in [3.05, 3.63) is 29.8 Å². The fourth-order valence-electron chi connectivity index (χ4n) is 3.16. The molecule has 2 rings (SSSR count). The summed E-state index contributed by atoms with van der Waals surface area (Å²) in [6.07, 6.45) is 3.95. The fourth-order valence-corrected chi connectivity index (χ4v) is 3.16. The van der Waals surface area contributed by atoms with Crippen LogP contribution in [0.3, 0.4) is 0 Å². The van der Waals surface area contributed by atoms with E-state index >= 15 is 0 Å². The molecule has 0 unspecified atom stereocenters. The number of benzene rings is 1. The molecule has 1 heterocycles. The van der Waals surface area contributed by atoms with Crippen molar-refractivity contribution in [3.8, 4) is 11.8 Å². The highest BCUT2D eigenvalue weighted by Crippen LogP contribution is 2.16. The van der Waals surface area contributed by atoms with Gasteiger partial charge in [0, 0.05) is 38.5 Å². The highest BCUT2D eigenvalue weighted by molar-refractivity contribution is 5.76. The lowest BCUT2D eigenvalue weighted by molar-refractivity contribution is -0.133. The van der Waals surface area contributed by atoms with Crippen LogP contribution in [0.25, 0.3) is 0 Å². The summed E-state index contributed by atoms with van der Waals surface area (Å²) >= 11 is 0. The second kappa shape index (κ2) is 10.8. The van der Waals surface area contributed by atoms with Gasteiger partial charge in [0.1, 0.15) is 5.75 Å². The minimum absolute atomic E-state index is 0.291. The van der Waals surface area contributed by atoms with Gasteiger partial charge in [-0.2, -0.15) is 5.26 Å². The third-order valence-corrected chi connectivity index (χ3v) is 4.63. The molecule has 0 aliphatic carbocycles. The van der Waals surface area contributed by atoms with Crippen molar-refractivity contribution in [1.29, 1.82) is 5.26 Å². The van der Waals surface area contributed by atoms with E-state index in [4.69, 9.17) is 10.00 Å². The summed E-state index contributed by atoms with van der Waals surface area (Å²) in [5, 5.41) is 12.2. The molecule has 1 aromatic carbocycles. The predicted molar refractivity (Wildman–Crippen MR) is 103 cm³/mol. The molecule has 1 saturated heterocycles. The number of carbonyl (C=O) groups excluding carboxylic acids is 1. The predicted octanol–water partition coefficient (Wildman–Crippen LogP) is 3.50. The van der Waals surface area contributed by atoms with E-state index in [1.807, 2.05) is 17.0 Å². The molecule has 26 heavy (non-hydrogen) atoms. The molecule has 0 aromatic heterocycles. The number of hydrogen-bond donors (Lipinski definition) is 1. The average molecular weight is 357 g/mol. The summed E-state index contributed by atoms with van der Waals surface area (Å²) < 4.78 is 5.69. The Kier molecular flexibility index (Phi) is 8.43. The van der Waals surface area contributed by atoms with Crippen LogP contribution in [0, 0.1) is 17.2 Å². The topological polar surface area (TPSA) is 65.4 Å². The molecule has 5 nitrogen and oxygen atoms in total. The van der Waals surface area contributed by atoms with Crippen LogP contribution in [-0.2, 0) is 11.3 Å². The third-order valence-electron chi connectivity index (χ3n) is 4.63. The summed E-state index contributed by atoms with van der Waals surface area (Å²) in [6.45, 7) is 7.27. The van der Waals surface area contributed by atoms with Crippen LogP contribution in [0.15, 0.2) is 24.3 Å². The lowest BCUT2D eigenvalue weighted by atomic mass is 10.0. The quantitative estimate of drug-likeness (QED) is 0.687. The Morgan fingerprint density at radius 3 is 2.85 bits per heavy atom. The maximum absolute atomic E-state index is 12.1. The van der Waals surface area contributed by atoms with Crippen molar-refractivity contribution in [2.45, 2.75) is 58.5 Å². The number of rotatable bonds is 9. The zero-order chi connectivity index (χ0) is 18.8. The highest BCUT2D eigenvalue weighted by Gasteiger charge is 2.22. The van der Waals surface area contributed by atoms with E-state index < -0.39 is 0 Å². The summed E-state index contributed by atoms with van der Waals surface area (Å²) in [7, 11) is 0. The van der Waals surface area contributed by atoms with Gasteiger partial charge in [-0.05, 0) is 42.9 Å². The van der Waals surface area contributed by atoms with Crippen LogP contribution in [0.2, 0.25) is 0 Å². The van der Waals surface area contributed by atoms with E-state index in [-0.39, 0.29) is 0 Å². The van der Waals surface area contributed by atoms with E-state index in [1.54, 1.807) is 0 Å². The van der Waals surface area contributed by atoms with Crippen molar-refractivity contribution in [2.75, 3.05) is 19.7 Å². The van der Waals surface area contributed by atoms with Crippen LogP contribution in [0.4, 0.5) is 0 Å². The summed E-state index contributed by atoms with van der Waals surface area (Å²) in [6, 6.07) is 10.7. The number of piperidine rings is 1. The molecular formula is C21H31N3O2. The first kappa shape index (κ1) is 20.3. The Balaban J connectivity index is 1.71. The van der Waals surface area contributed by atoms with Gasteiger partial charge in [-0.1, -0.05) is 26.0 Å². The molecule has 0 spiro atoms. The zero-order valence-electron chi connectivity index (χ0n) is 16.0. The second-order valence-corrected chi connectivity index (χ2v) is 7.39. The van der Waals surface area contributed by atoms with Gasteiger partial charge < -0.3 is 15.0 Å². The van der Waals surface area contributed by atoms with Crippen LogP contribution < -0.4 is 10.1 Å². The van der Waals surface area contributed by atoms with Gasteiger partial charge in [-0.25, -0.2) is 0 Å². The van der Waals surface area contributed by atoms with Crippen molar-refractivity contribution in [1.82, 2.24) is 10.2 Å². The maximum atomic E-state index is 12.1. The first-order valence-electron chi connectivity index (χ1n) is 9.68. The van der Waals surface area contributed by atoms with Crippen molar-refractivity contribution < 1.29 is 9.53 Å². The SMILES string of the molecule is CC(C)CC(=O)N1CCC(NCc2cccc(OCCCC#N)c2)CC1. The van der Waals surface area contributed by atoms with E-state index in [0.29, 0.717) is 37.3 Å². The van der Waals surface area contributed by atoms with Gasteiger partial charge in [-0.15, -0.1) is 0 Å². The van der Waals surface area contributed by atoms with Crippen LogP contribution in [0.1, 0.15) is 51.5 Å². The first-order valence-corrected chi connectivity index (χ1v) is 9.68. The number of carbonyl (C=O) groups is 1. The standard InChI is InChI=1S/C21H31N3O2/c1-17(2)14-21(25)24-11-8-19(9-12-24)23-16-18-6-5-7-20(15-18)26-13-4-3-10-22/h5-7,15,17,19,23H,3-4,8-9,11-14,16H2,1-2H3. The van der Waals surface area contributed by atoms with Gasteiger partial charge >= 0.3 is 0 Å². The lowest BCUT2D eigenvalue weighted by Crippen LogP contribution is -2.44. The normalized spacial score (nSPS) is 15.1. The summed E-state index contributed by atoms with van der Waals surface area (Å²) in [5.41, 5.74) is 1.20. The number of hydrogen-bond acceptors (Lipinski definition) is 4. The molecule has 1 amide bonds. The third kappa shape index (κ3) is 7.05. The summed E-state index contributed by atoms with van der Waals surface area (Å²) in [4.78, 5) is 14.1. The van der Waals surface area contributed by atoms with E-state index in [2.05, 4.69) is 37.4 Å². The second-order valence-electron chi connectivity index (χ2n) is 7.39. The molecule has 0 bridgehead atoms. The van der Waals surface area contributed by atoms with Gasteiger partial charge in [0.05, 0.1) is 12.7 Å². The number of nitrogens with zero attached hydrogens (tertiary/aromatic N) is 2. The minimum atomic E-state index is 0.291. The monoisotopic (exact) mass is 357 g/mol. The minimum Gasteiger partial charge on any atom is -0.494 e. The molecule has 0 radical (unpaired) electrons. The number of amides is 1. The molecule has 0 saturated carbocycles.